The van der Waals surface area contributed by atoms with Crippen molar-refractivity contribution in [2.45, 2.75) is 13.3 Å². The molecule has 0 bridgehead atoms. The van der Waals surface area contributed by atoms with Gasteiger partial charge in [0.25, 0.3) is 0 Å². The van der Waals surface area contributed by atoms with Crippen molar-refractivity contribution in [3.05, 3.63) is 53.3 Å². The van der Waals surface area contributed by atoms with E-state index < -0.39 is 18.4 Å². The molecular formula is C16H18O5. The molecule has 0 amide bonds. The van der Waals surface area contributed by atoms with Gasteiger partial charge in [0.1, 0.15) is 5.76 Å². The fourth-order valence-corrected chi connectivity index (χ4v) is 1.61. The summed E-state index contributed by atoms with van der Waals surface area (Å²) in [6.07, 6.45) is 2.68. The SMILES string of the molecule is CCOC(=O)/C(=C/C(=C/c1ccccc1)OC)CC(=O)O. The number of carboxylic acids is 1. The average molecular weight is 290 g/mol. The summed E-state index contributed by atoms with van der Waals surface area (Å²) >= 11 is 0. The minimum Gasteiger partial charge on any atom is -0.497 e. The van der Waals surface area contributed by atoms with Crippen molar-refractivity contribution < 1.29 is 24.2 Å². The third-order valence-corrected chi connectivity index (χ3v) is 2.54. The van der Waals surface area contributed by atoms with Gasteiger partial charge >= 0.3 is 11.9 Å². The Bertz CT molecular complexity index is 543. The summed E-state index contributed by atoms with van der Waals surface area (Å²) < 4.78 is 10.0. The molecule has 0 unspecified atom stereocenters. The number of carboxylic acid groups (broad SMARTS) is 1. The van der Waals surface area contributed by atoms with Gasteiger partial charge in [-0.05, 0) is 24.6 Å². The first-order valence-electron chi connectivity index (χ1n) is 6.47. The summed E-state index contributed by atoms with van der Waals surface area (Å²) in [5, 5.41) is 8.87. The van der Waals surface area contributed by atoms with Crippen LogP contribution in [0.25, 0.3) is 6.08 Å². The maximum absolute atomic E-state index is 11.7. The molecular weight excluding hydrogens is 272 g/mol. The Morgan fingerprint density at radius 2 is 1.90 bits per heavy atom. The minimum atomic E-state index is -1.11. The van der Waals surface area contributed by atoms with Crippen molar-refractivity contribution in [3.63, 3.8) is 0 Å². The molecule has 1 aromatic rings. The van der Waals surface area contributed by atoms with Crippen LogP contribution >= 0.6 is 0 Å². The second-order valence-corrected chi connectivity index (χ2v) is 4.12. The number of esters is 1. The maximum atomic E-state index is 11.7. The number of carbonyl (C=O) groups excluding carboxylic acids is 1. The predicted molar refractivity (Wildman–Crippen MR) is 78.4 cm³/mol. The molecule has 5 heteroatoms. The minimum absolute atomic E-state index is 0.0355. The molecule has 0 aromatic heterocycles. The summed E-state index contributed by atoms with van der Waals surface area (Å²) in [5.41, 5.74) is 0.914. The fraction of sp³-hybridized carbons (Fsp3) is 0.250. The molecule has 0 aliphatic carbocycles. The Hall–Kier alpha value is -2.56. The molecule has 1 rings (SSSR count). The van der Waals surface area contributed by atoms with E-state index in [0.717, 1.165) is 5.56 Å². The fourth-order valence-electron chi connectivity index (χ4n) is 1.61. The van der Waals surface area contributed by atoms with E-state index in [4.69, 9.17) is 14.6 Å². The van der Waals surface area contributed by atoms with Crippen LogP contribution in [0.15, 0.2) is 47.7 Å². The van der Waals surface area contributed by atoms with Gasteiger partial charge < -0.3 is 14.6 Å². The average Bonchev–Trinajstić information content (AvgIpc) is 2.46. The number of ether oxygens (including phenoxy) is 2. The highest BCUT2D eigenvalue weighted by atomic mass is 16.5. The monoisotopic (exact) mass is 290 g/mol. The number of aliphatic carboxylic acids is 1. The van der Waals surface area contributed by atoms with Crippen molar-refractivity contribution in [2.75, 3.05) is 13.7 Å². The van der Waals surface area contributed by atoms with Gasteiger partial charge in [0.15, 0.2) is 0 Å². The first-order chi connectivity index (χ1) is 10.1. The number of hydrogen-bond donors (Lipinski definition) is 1. The number of benzene rings is 1. The Labute approximate surface area is 123 Å². The van der Waals surface area contributed by atoms with Crippen LogP contribution in [0.2, 0.25) is 0 Å². The molecule has 0 fully saturated rings. The molecule has 0 saturated heterocycles. The molecule has 21 heavy (non-hydrogen) atoms. The molecule has 0 saturated carbocycles. The third kappa shape index (κ3) is 5.95. The Balaban J connectivity index is 3.07. The Morgan fingerprint density at radius 1 is 1.24 bits per heavy atom. The summed E-state index contributed by atoms with van der Waals surface area (Å²) in [6.45, 7) is 1.84. The molecule has 5 nitrogen and oxygen atoms in total. The lowest BCUT2D eigenvalue weighted by Gasteiger charge is -2.07. The quantitative estimate of drug-likeness (QED) is 0.362. The van der Waals surface area contributed by atoms with E-state index in [-0.39, 0.29) is 12.2 Å². The number of hydrogen-bond acceptors (Lipinski definition) is 4. The second kappa shape index (κ2) is 8.58. The largest absolute Gasteiger partial charge is 0.497 e. The van der Waals surface area contributed by atoms with Gasteiger partial charge in [0.2, 0.25) is 0 Å². The van der Waals surface area contributed by atoms with Crippen molar-refractivity contribution in [1.29, 1.82) is 0 Å². The number of carbonyl (C=O) groups is 2. The number of rotatable bonds is 7. The first-order valence-corrected chi connectivity index (χ1v) is 6.47. The first kappa shape index (κ1) is 16.5. The maximum Gasteiger partial charge on any atom is 0.334 e. The summed E-state index contributed by atoms with van der Waals surface area (Å²) in [4.78, 5) is 22.6. The van der Waals surface area contributed by atoms with Gasteiger partial charge in [0, 0.05) is 0 Å². The number of methoxy groups -OCH3 is 1. The highest BCUT2D eigenvalue weighted by Gasteiger charge is 2.15. The normalized spacial score (nSPS) is 11.9. The van der Waals surface area contributed by atoms with E-state index in [2.05, 4.69) is 0 Å². The van der Waals surface area contributed by atoms with Crippen LogP contribution in [0.1, 0.15) is 18.9 Å². The molecule has 1 aromatic carbocycles. The number of allylic oxidation sites excluding steroid dienone is 1. The van der Waals surface area contributed by atoms with Crippen LogP contribution in [0.5, 0.6) is 0 Å². The van der Waals surface area contributed by atoms with E-state index in [0.29, 0.717) is 5.76 Å². The van der Waals surface area contributed by atoms with Crippen molar-refractivity contribution in [1.82, 2.24) is 0 Å². The lowest BCUT2D eigenvalue weighted by Crippen LogP contribution is -2.12. The van der Waals surface area contributed by atoms with E-state index in [9.17, 15) is 9.59 Å². The van der Waals surface area contributed by atoms with Crippen LogP contribution < -0.4 is 0 Å². The lowest BCUT2D eigenvalue weighted by atomic mass is 10.1. The third-order valence-electron chi connectivity index (χ3n) is 2.54. The van der Waals surface area contributed by atoms with Gasteiger partial charge in [-0.15, -0.1) is 0 Å². The van der Waals surface area contributed by atoms with Crippen LogP contribution in [0, 0.1) is 0 Å². The van der Waals surface area contributed by atoms with E-state index in [1.807, 2.05) is 30.3 Å². The van der Waals surface area contributed by atoms with E-state index in [1.54, 1.807) is 13.0 Å². The lowest BCUT2D eigenvalue weighted by molar-refractivity contribution is -0.142. The summed E-state index contributed by atoms with van der Waals surface area (Å²) in [6, 6.07) is 9.36. The van der Waals surface area contributed by atoms with Gasteiger partial charge in [0.05, 0.1) is 25.7 Å². The van der Waals surface area contributed by atoms with Crippen LogP contribution in [0.4, 0.5) is 0 Å². The van der Waals surface area contributed by atoms with Crippen molar-refractivity contribution in [2.24, 2.45) is 0 Å². The molecule has 112 valence electrons. The van der Waals surface area contributed by atoms with Crippen LogP contribution in [0.3, 0.4) is 0 Å². The zero-order valence-electron chi connectivity index (χ0n) is 12.0. The van der Waals surface area contributed by atoms with Gasteiger partial charge in [-0.3, -0.25) is 4.79 Å². The molecule has 0 radical (unpaired) electrons. The standard InChI is InChI=1S/C16H18O5/c1-3-21-16(19)13(11-15(17)18)10-14(20-2)9-12-7-5-4-6-8-12/h4-10H,3,11H2,1-2H3,(H,17,18)/b13-10+,14-9-. The smallest absolute Gasteiger partial charge is 0.334 e. The van der Waals surface area contributed by atoms with E-state index >= 15 is 0 Å². The Kier molecular flexibility index (Phi) is 6.74. The molecule has 0 aliphatic rings. The van der Waals surface area contributed by atoms with Gasteiger partial charge in [-0.1, -0.05) is 30.3 Å². The molecule has 0 heterocycles. The zero-order valence-corrected chi connectivity index (χ0v) is 12.0. The summed E-state index contributed by atoms with van der Waals surface area (Å²) in [5.74, 6) is -1.38. The van der Waals surface area contributed by atoms with Crippen LogP contribution in [-0.4, -0.2) is 30.8 Å². The second-order valence-electron chi connectivity index (χ2n) is 4.12. The molecule has 0 aliphatic heterocycles. The topological polar surface area (TPSA) is 72.8 Å². The highest BCUT2D eigenvalue weighted by Crippen LogP contribution is 2.14. The van der Waals surface area contributed by atoms with Crippen molar-refractivity contribution >= 4 is 18.0 Å². The highest BCUT2D eigenvalue weighted by molar-refractivity contribution is 5.94. The summed E-state index contributed by atoms with van der Waals surface area (Å²) in [7, 11) is 1.45. The van der Waals surface area contributed by atoms with Gasteiger partial charge in [-0.2, -0.15) is 0 Å². The predicted octanol–water partition coefficient (Wildman–Crippen LogP) is 2.64. The van der Waals surface area contributed by atoms with Gasteiger partial charge in [-0.25, -0.2) is 4.79 Å². The zero-order chi connectivity index (χ0) is 15.7. The van der Waals surface area contributed by atoms with Crippen molar-refractivity contribution in [3.8, 4) is 0 Å². The Morgan fingerprint density at radius 3 is 2.43 bits per heavy atom. The molecule has 0 atom stereocenters. The molecule has 0 spiro atoms. The molecule has 1 N–H and O–H groups in total. The van der Waals surface area contributed by atoms with Crippen LogP contribution in [-0.2, 0) is 19.1 Å². The van der Waals surface area contributed by atoms with E-state index in [1.165, 1.54) is 13.2 Å².